The highest BCUT2D eigenvalue weighted by molar-refractivity contribution is 7.92. The van der Waals surface area contributed by atoms with Crippen molar-refractivity contribution < 1.29 is 17.9 Å². The minimum atomic E-state index is -3.71. The van der Waals surface area contributed by atoms with E-state index in [9.17, 15) is 13.2 Å². The quantitative estimate of drug-likeness (QED) is 0.528. The van der Waals surface area contributed by atoms with Crippen molar-refractivity contribution in [1.29, 1.82) is 0 Å². The Labute approximate surface area is 172 Å². The largest absolute Gasteiger partial charge is 0.495 e. The van der Waals surface area contributed by atoms with Crippen molar-refractivity contribution in [2.45, 2.75) is 26.7 Å². The molecule has 0 saturated carbocycles. The number of aryl methyl sites for hydroxylation is 1. The molecule has 0 aliphatic heterocycles. The van der Waals surface area contributed by atoms with Crippen LogP contribution in [0.4, 0.5) is 5.69 Å². The van der Waals surface area contributed by atoms with Gasteiger partial charge in [-0.05, 0) is 41.7 Å². The molecule has 0 aliphatic carbocycles. The summed E-state index contributed by atoms with van der Waals surface area (Å²) in [6.07, 6.45) is 2.56. The number of amides is 1. The lowest BCUT2D eigenvalue weighted by atomic mass is 10.0. The Bertz CT molecular complexity index is 983. The lowest BCUT2D eigenvalue weighted by Crippen LogP contribution is -2.39. The lowest BCUT2D eigenvalue weighted by molar-refractivity contribution is -0.119. The predicted molar refractivity (Wildman–Crippen MR) is 116 cm³/mol. The molecule has 0 heterocycles. The summed E-state index contributed by atoms with van der Waals surface area (Å²) in [5.41, 5.74) is 5.56. The summed E-state index contributed by atoms with van der Waals surface area (Å²) in [6.45, 7) is 5.64. The van der Waals surface area contributed by atoms with Crippen molar-refractivity contribution >= 4 is 27.8 Å². The number of carbonyl (C=O) groups excluding carboxylic acids is 1. The first-order chi connectivity index (χ1) is 13.6. The van der Waals surface area contributed by atoms with E-state index in [-0.39, 0.29) is 0 Å². The zero-order valence-corrected chi connectivity index (χ0v) is 18.2. The summed E-state index contributed by atoms with van der Waals surface area (Å²) in [6, 6.07) is 13.0. The minimum absolute atomic E-state index is 0.304. The number of carbonyl (C=O) groups is 1. The fraction of sp³-hybridized carbons (Fsp3) is 0.333. The summed E-state index contributed by atoms with van der Waals surface area (Å²) in [5, 5.41) is 3.93. The number of sulfonamides is 1. The summed E-state index contributed by atoms with van der Waals surface area (Å²) in [5.74, 6) is 0.234. The van der Waals surface area contributed by atoms with E-state index in [2.05, 4.69) is 24.4 Å². The summed E-state index contributed by atoms with van der Waals surface area (Å²) >= 11 is 0. The second kappa shape index (κ2) is 9.56. The molecule has 0 spiro atoms. The average molecular weight is 418 g/mol. The molecular formula is C21H27N3O4S. The first-order valence-electron chi connectivity index (χ1n) is 9.16. The Morgan fingerprint density at radius 2 is 1.86 bits per heavy atom. The Balaban J connectivity index is 2.12. The molecule has 1 N–H and O–H groups in total. The van der Waals surface area contributed by atoms with Crippen molar-refractivity contribution in [2.75, 3.05) is 24.2 Å². The maximum atomic E-state index is 12.3. The summed E-state index contributed by atoms with van der Waals surface area (Å²) < 4.78 is 30.8. The minimum Gasteiger partial charge on any atom is -0.495 e. The highest BCUT2D eigenvalue weighted by atomic mass is 32.2. The van der Waals surface area contributed by atoms with E-state index >= 15 is 0 Å². The average Bonchev–Trinajstić information content (AvgIpc) is 2.65. The zero-order valence-electron chi connectivity index (χ0n) is 17.3. The van der Waals surface area contributed by atoms with Crippen molar-refractivity contribution in [3.63, 3.8) is 0 Å². The molecule has 0 aliphatic rings. The molecule has 156 valence electrons. The Hall–Kier alpha value is -2.87. The van der Waals surface area contributed by atoms with Crippen LogP contribution in [0.5, 0.6) is 5.75 Å². The highest BCUT2D eigenvalue weighted by Crippen LogP contribution is 2.30. The molecule has 0 fully saturated rings. The Morgan fingerprint density at radius 3 is 2.41 bits per heavy atom. The molecule has 0 radical (unpaired) electrons. The normalized spacial score (nSPS) is 11.7. The van der Waals surface area contributed by atoms with Gasteiger partial charge in [0.15, 0.2) is 0 Å². The van der Waals surface area contributed by atoms with E-state index in [1.807, 2.05) is 31.2 Å². The molecule has 7 nitrogen and oxygen atoms in total. The van der Waals surface area contributed by atoms with Gasteiger partial charge in [0.1, 0.15) is 12.3 Å². The van der Waals surface area contributed by atoms with Crippen LogP contribution in [0.1, 0.15) is 36.5 Å². The van der Waals surface area contributed by atoms with Gasteiger partial charge in [-0.15, -0.1) is 0 Å². The fourth-order valence-electron chi connectivity index (χ4n) is 2.69. The van der Waals surface area contributed by atoms with Crippen LogP contribution in [0, 0.1) is 6.92 Å². The highest BCUT2D eigenvalue weighted by Gasteiger charge is 2.24. The van der Waals surface area contributed by atoms with E-state index in [4.69, 9.17) is 4.74 Å². The maximum absolute atomic E-state index is 12.3. The summed E-state index contributed by atoms with van der Waals surface area (Å²) in [7, 11) is -2.26. The van der Waals surface area contributed by atoms with Crippen LogP contribution in [-0.4, -0.2) is 40.4 Å². The number of hydrazone groups is 1. The summed E-state index contributed by atoms with van der Waals surface area (Å²) in [4.78, 5) is 12.3. The third-order valence-electron chi connectivity index (χ3n) is 4.30. The van der Waals surface area contributed by atoms with Gasteiger partial charge < -0.3 is 4.74 Å². The predicted octanol–water partition coefficient (Wildman–Crippen LogP) is 3.04. The topological polar surface area (TPSA) is 88.1 Å². The number of hydrogen-bond donors (Lipinski definition) is 1. The van der Waals surface area contributed by atoms with Crippen molar-refractivity contribution in [3.05, 3.63) is 59.2 Å². The van der Waals surface area contributed by atoms with E-state index in [1.54, 1.807) is 18.2 Å². The number of methoxy groups -OCH3 is 1. The van der Waals surface area contributed by atoms with Crippen LogP contribution >= 0.6 is 0 Å². The van der Waals surface area contributed by atoms with Crippen LogP contribution in [0.25, 0.3) is 0 Å². The van der Waals surface area contributed by atoms with Gasteiger partial charge in [-0.3, -0.25) is 9.10 Å². The van der Waals surface area contributed by atoms with Crippen molar-refractivity contribution in [2.24, 2.45) is 5.10 Å². The molecule has 0 bridgehead atoms. The fourth-order valence-corrected chi connectivity index (χ4v) is 3.54. The lowest BCUT2D eigenvalue weighted by Gasteiger charge is -2.23. The molecule has 0 unspecified atom stereocenters. The van der Waals surface area contributed by atoms with Gasteiger partial charge in [0.2, 0.25) is 10.0 Å². The van der Waals surface area contributed by atoms with Crippen LogP contribution < -0.4 is 14.5 Å². The number of nitrogens with one attached hydrogen (secondary N) is 1. The SMILES string of the molecule is COc1ccc(C)cc1N(CC(=O)N/N=C\c1ccc(C(C)C)cc1)S(C)(=O)=O. The van der Waals surface area contributed by atoms with E-state index < -0.39 is 22.5 Å². The molecular weight excluding hydrogens is 390 g/mol. The van der Waals surface area contributed by atoms with Gasteiger partial charge in [0.25, 0.3) is 5.91 Å². The monoisotopic (exact) mass is 417 g/mol. The van der Waals surface area contributed by atoms with Gasteiger partial charge in [0, 0.05) is 0 Å². The standard InChI is InChI=1S/C21H27N3O4S/c1-15(2)18-9-7-17(8-10-18)13-22-23-21(25)14-24(29(5,26)27)19-12-16(3)6-11-20(19)28-4/h6-13,15H,14H2,1-5H3,(H,23,25)/b22-13-. The van der Waals surface area contributed by atoms with Crippen LogP contribution in [-0.2, 0) is 14.8 Å². The molecule has 2 aromatic rings. The third kappa shape index (κ3) is 6.32. The van der Waals surface area contributed by atoms with E-state index in [0.717, 1.165) is 21.7 Å². The molecule has 29 heavy (non-hydrogen) atoms. The van der Waals surface area contributed by atoms with Gasteiger partial charge in [0.05, 0.1) is 25.3 Å². The Kier molecular flexibility index (Phi) is 7.39. The van der Waals surface area contributed by atoms with E-state index in [0.29, 0.717) is 17.4 Å². The number of ether oxygens (including phenoxy) is 1. The van der Waals surface area contributed by atoms with Crippen LogP contribution in [0.3, 0.4) is 0 Å². The third-order valence-corrected chi connectivity index (χ3v) is 5.42. The maximum Gasteiger partial charge on any atom is 0.260 e. The van der Waals surface area contributed by atoms with E-state index in [1.165, 1.54) is 18.9 Å². The second-order valence-corrected chi connectivity index (χ2v) is 8.97. The molecule has 8 heteroatoms. The van der Waals surface area contributed by atoms with Crippen LogP contribution in [0.15, 0.2) is 47.6 Å². The molecule has 0 atom stereocenters. The van der Waals surface area contributed by atoms with Gasteiger partial charge in [-0.2, -0.15) is 5.10 Å². The van der Waals surface area contributed by atoms with Crippen molar-refractivity contribution in [1.82, 2.24) is 5.43 Å². The Morgan fingerprint density at radius 1 is 1.21 bits per heavy atom. The van der Waals surface area contributed by atoms with Gasteiger partial charge >= 0.3 is 0 Å². The number of anilines is 1. The first kappa shape index (κ1) is 22.4. The smallest absolute Gasteiger partial charge is 0.260 e. The van der Waals surface area contributed by atoms with Crippen LogP contribution in [0.2, 0.25) is 0 Å². The molecule has 0 aromatic heterocycles. The van der Waals surface area contributed by atoms with Gasteiger partial charge in [-0.1, -0.05) is 44.2 Å². The molecule has 1 amide bonds. The molecule has 0 saturated heterocycles. The number of nitrogens with zero attached hydrogens (tertiary/aromatic N) is 2. The van der Waals surface area contributed by atoms with Crippen molar-refractivity contribution in [3.8, 4) is 5.75 Å². The number of rotatable bonds is 8. The molecule has 2 rings (SSSR count). The molecule has 2 aromatic carbocycles. The zero-order chi connectivity index (χ0) is 21.6. The number of hydrogen-bond acceptors (Lipinski definition) is 5. The van der Waals surface area contributed by atoms with Gasteiger partial charge in [-0.25, -0.2) is 13.8 Å². The first-order valence-corrected chi connectivity index (χ1v) is 11.0. The second-order valence-electron chi connectivity index (χ2n) is 7.06. The number of benzene rings is 2.